The summed E-state index contributed by atoms with van der Waals surface area (Å²) in [6.07, 6.45) is 0. The lowest BCUT2D eigenvalue weighted by atomic mass is 10.2. The molecule has 0 aromatic heterocycles. The first-order valence-corrected chi connectivity index (χ1v) is 5.83. The Morgan fingerprint density at radius 1 is 1.41 bits per heavy atom. The van der Waals surface area contributed by atoms with Crippen LogP contribution in [-0.4, -0.2) is 17.6 Å². The molecule has 7 heteroatoms. The van der Waals surface area contributed by atoms with E-state index in [1.807, 2.05) is 0 Å². The average molecular weight is 298 g/mol. The molecule has 0 amide bonds. The zero-order valence-corrected chi connectivity index (χ0v) is 11.2. The highest BCUT2D eigenvalue weighted by atomic mass is 35.5. The fourth-order valence-electron chi connectivity index (χ4n) is 1.06. The zero-order chi connectivity index (χ0) is 13.0. The van der Waals surface area contributed by atoms with E-state index in [-0.39, 0.29) is 18.4 Å². The third-order valence-electron chi connectivity index (χ3n) is 2.06. The standard InChI is InChI=1S/C10H11Cl3N2O2/c1-5(10(14)15-16)4-17-9-7(12)2-6(11)3-8(9)13/h2-3,5,16H,4H2,1H3,(H2,14,15). The third-order valence-corrected chi connectivity index (χ3v) is 2.84. The molecule has 0 spiro atoms. The number of nitrogens with two attached hydrogens (primary N) is 1. The minimum atomic E-state index is -0.261. The fourth-order valence-corrected chi connectivity index (χ4v) is 1.99. The van der Waals surface area contributed by atoms with Gasteiger partial charge in [-0.15, -0.1) is 0 Å². The summed E-state index contributed by atoms with van der Waals surface area (Å²) >= 11 is 17.6. The van der Waals surface area contributed by atoms with Crippen LogP contribution in [0.3, 0.4) is 0 Å². The normalized spacial score (nSPS) is 13.5. The van der Waals surface area contributed by atoms with Crippen LogP contribution in [0.4, 0.5) is 0 Å². The summed E-state index contributed by atoms with van der Waals surface area (Å²) < 4.78 is 5.41. The number of benzene rings is 1. The topological polar surface area (TPSA) is 67.8 Å². The Kier molecular flexibility index (Phi) is 5.18. The van der Waals surface area contributed by atoms with Gasteiger partial charge < -0.3 is 15.7 Å². The van der Waals surface area contributed by atoms with Gasteiger partial charge in [-0.1, -0.05) is 46.9 Å². The quantitative estimate of drug-likeness (QED) is 0.387. The minimum Gasteiger partial charge on any atom is -0.490 e. The van der Waals surface area contributed by atoms with Crippen molar-refractivity contribution in [2.45, 2.75) is 6.92 Å². The molecule has 0 aliphatic carbocycles. The molecule has 0 heterocycles. The number of amidine groups is 1. The van der Waals surface area contributed by atoms with Crippen molar-refractivity contribution >= 4 is 40.6 Å². The monoisotopic (exact) mass is 296 g/mol. The van der Waals surface area contributed by atoms with Crippen LogP contribution in [0.1, 0.15) is 6.92 Å². The Bertz CT molecular complexity index is 415. The van der Waals surface area contributed by atoms with Crippen molar-refractivity contribution in [2.24, 2.45) is 16.8 Å². The first-order valence-electron chi connectivity index (χ1n) is 4.70. The molecule has 94 valence electrons. The average Bonchev–Trinajstić information content (AvgIpc) is 2.26. The molecule has 1 unspecified atom stereocenters. The van der Waals surface area contributed by atoms with E-state index in [0.717, 1.165) is 0 Å². The molecule has 0 aliphatic heterocycles. The molecule has 0 saturated carbocycles. The second kappa shape index (κ2) is 6.19. The molecule has 0 saturated heterocycles. The Morgan fingerprint density at radius 3 is 2.41 bits per heavy atom. The van der Waals surface area contributed by atoms with E-state index in [4.69, 9.17) is 50.5 Å². The van der Waals surface area contributed by atoms with Crippen LogP contribution in [0.2, 0.25) is 15.1 Å². The van der Waals surface area contributed by atoms with Crippen LogP contribution < -0.4 is 10.5 Å². The summed E-state index contributed by atoms with van der Waals surface area (Å²) in [6, 6.07) is 3.05. The summed E-state index contributed by atoms with van der Waals surface area (Å²) in [5.41, 5.74) is 5.41. The maximum absolute atomic E-state index is 8.49. The number of hydrogen-bond donors (Lipinski definition) is 2. The van der Waals surface area contributed by atoms with Crippen molar-refractivity contribution in [1.29, 1.82) is 0 Å². The molecule has 1 aromatic rings. The van der Waals surface area contributed by atoms with Crippen LogP contribution in [0, 0.1) is 5.92 Å². The molecular formula is C10H11Cl3N2O2. The maximum atomic E-state index is 8.49. The van der Waals surface area contributed by atoms with Gasteiger partial charge in [-0.05, 0) is 12.1 Å². The van der Waals surface area contributed by atoms with Gasteiger partial charge in [0.25, 0.3) is 0 Å². The third kappa shape index (κ3) is 3.84. The van der Waals surface area contributed by atoms with Crippen molar-refractivity contribution in [1.82, 2.24) is 0 Å². The number of halogens is 3. The predicted octanol–water partition coefficient (Wildman–Crippen LogP) is 3.41. The van der Waals surface area contributed by atoms with Crippen LogP contribution in [-0.2, 0) is 0 Å². The highest BCUT2D eigenvalue weighted by Gasteiger charge is 2.13. The second-order valence-corrected chi connectivity index (χ2v) is 4.69. The van der Waals surface area contributed by atoms with Gasteiger partial charge in [0.05, 0.1) is 22.6 Å². The Hall–Kier alpha value is -0.840. The summed E-state index contributed by atoms with van der Waals surface area (Å²) in [6.45, 7) is 1.93. The molecule has 0 bridgehead atoms. The van der Waals surface area contributed by atoms with E-state index in [2.05, 4.69) is 5.16 Å². The number of oxime groups is 1. The van der Waals surface area contributed by atoms with Crippen molar-refractivity contribution in [3.63, 3.8) is 0 Å². The molecule has 4 nitrogen and oxygen atoms in total. The molecule has 0 fully saturated rings. The lowest BCUT2D eigenvalue weighted by Gasteiger charge is -2.14. The van der Waals surface area contributed by atoms with E-state index in [1.54, 1.807) is 6.92 Å². The van der Waals surface area contributed by atoms with Crippen LogP contribution in [0.5, 0.6) is 5.75 Å². The summed E-state index contributed by atoms with van der Waals surface area (Å²) in [7, 11) is 0. The molecular weight excluding hydrogens is 286 g/mol. The van der Waals surface area contributed by atoms with Crippen molar-refractivity contribution in [3.05, 3.63) is 27.2 Å². The summed E-state index contributed by atoms with van der Waals surface area (Å²) in [5, 5.41) is 12.4. The molecule has 1 atom stereocenters. The Balaban J connectivity index is 2.76. The van der Waals surface area contributed by atoms with Crippen LogP contribution in [0.15, 0.2) is 17.3 Å². The lowest BCUT2D eigenvalue weighted by molar-refractivity contribution is 0.279. The van der Waals surface area contributed by atoms with E-state index < -0.39 is 0 Å². The SMILES string of the molecule is CC(COc1c(Cl)cc(Cl)cc1Cl)/C(N)=N/O. The van der Waals surface area contributed by atoms with Gasteiger partial charge in [0.2, 0.25) is 0 Å². The van der Waals surface area contributed by atoms with E-state index >= 15 is 0 Å². The van der Waals surface area contributed by atoms with Gasteiger partial charge in [0.15, 0.2) is 5.75 Å². The predicted molar refractivity (Wildman–Crippen MR) is 69.5 cm³/mol. The molecule has 3 N–H and O–H groups in total. The molecule has 0 aliphatic rings. The van der Waals surface area contributed by atoms with Crippen molar-refractivity contribution in [2.75, 3.05) is 6.61 Å². The molecule has 1 aromatic carbocycles. The fraction of sp³-hybridized carbons (Fsp3) is 0.300. The molecule has 0 radical (unpaired) electrons. The van der Waals surface area contributed by atoms with Gasteiger partial charge >= 0.3 is 0 Å². The van der Waals surface area contributed by atoms with Crippen molar-refractivity contribution in [3.8, 4) is 5.75 Å². The number of hydrogen-bond acceptors (Lipinski definition) is 3. The molecule has 17 heavy (non-hydrogen) atoms. The van der Waals surface area contributed by atoms with Gasteiger partial charge in [-0.2, -0.15) is 0 Å². The largest absolute Gasteiger partial charge is 0.490 e. The smallest absolute Gasteiger partial charge is 0.156 e. The summed E-state index contributed by atoms with van der Waals surface area (Å²) in [4.78, 5) is 0. The maximum Gasteiger partial charge on any atom is 0.156 e. The van der Waals surface area contributed by atoms with Gasteiger partial charge in [-0.3, -0.25) is 0 Å². The van der Waals surface area contributed by atoms with E-state index in [1.165, 1.54) is 12.1 Å². The highest BCUT2D eigenvalue weighted by Crippen LogP contribution is 2.35. The van der Waals surface area contributed by atoms with Gasteiger partial charge in [-0.25, -0.2) is 0 Å². The zero-order valence-electron chi connectivity index (χ0n) is 8.95. The van der Waals surface area contributed by atoms with Gasteiger partial charge in [0.1, 0.15) is 5.84 Å². The number of ether oxygens (including phenoxy) is 1. The van der Waals surface area contributed by atoms with E-state index in [9.17, 15) is 0 Å². The summed E-state index contributed by atoms with van der Waals surface area (Å²) in [5.74, 6) is 0.143. The van der Waals surface area contributed by atoms with Crippen LogP contribution >= 0.6 is 34.8 Å². The van der Waals surface area contributed by atoms with Crippen molar-refractivity contribution < 1.29 is 9.94 Å². The van der Waals surface area contributed by atoms with Crippen LogP contribution in [0.25, 0.3) is 0 Å². The lowest BCUT2D eigenvalue weighted by Crippen LogP contribution is -2.26. The first-order chi connectivity index (χ1) is 7.95. The Morgan fingerprint density at radius 2 is 1.94 bits per heavy atom. The minimum absolute atomic E-state index is 0.0752. The highest BCUT2D eigenvalue weighted by molar-refractivity contribution is 6.40. The Labute approximate surface area is 114 Å². The number of nitrogens with zero attached hydrogens (tertiary/aromatic N) is 1. The van der Waals surface area contributed by atoms with Gasteiger partial charge in [0, 0.05) is 5.02 Å². The first kappa shape index (κ1) is 14.2. The molecule has 1 rings (SSSR count). The second-order valence-electron chi connectivity index (χ2n) is 3.44. The number of rotatable bonds is 4. The van der Waals surface area contributed by atoms with E-state index in [0.29, 0.717) is 20.8 Å².